The predicted octanol–water partition coefficient (Wildman–Crippen LogP) is 4.46. The Morgan fingerprint density at radius 2 is 1.74 bits per heavy atom. The maximum atomic E-state index is 12.9. The van der Waals surface area contributed by atoms with E-state index in [-0.39, 0.29) is 11.2 Å². The van der Waals surface area contributed by atoms with Gasteiger partial charge in [-0.2, -0.15) is 5.26 Å². The third-order valence-electron chi connectivity index (χ3n) is 4.49. The van der Waals surface area contributed by atoms with Gasteiger partial charge in [-0.05, 0) is 36.8 Å². The van der Waals surface area contributed by atoms with Crippen molar-refractivity contribution in [3.05, 3.63) is 98.7 Å². The molecule has 0 N–H and O–H groups in total. The number of hydrogen-bond donors (Lipinski definition) is 0. The summed E-state index contributed by atoms with van der Waals surface area (Å²) < 4.78 is 1.89. The topological polar surface area (TPSA) is 62.9 Å². The van der Waals surface area contributed by atoms with E-state index in [0.717, 1.165) is 10.5 Å². The van der Waals surface area contributed by atoms with E-state index in [2.05, 4.69) is 6.07 Å². The smallest absolute Gasteiger partial charge is 0.203 e. The summed E-state index contributed by atoms with van der Waals surface area (Å²) in [7, 11) is 0. The fraction of sp³-hybridized carbons (Fsp3) is 0.0455. The highest BCUT2D eigenvalue weighted by Gasteiger charge is 2.20. The first-order chi connectivity index (χ1) is 13.1. The Balaban J connectivity index is 1.93. The van der Waals surface area contributed by atoms with Gasteiger partial charge < -0.3 is 4.57 Å². The molecule has 5 heteroatoms. The number of ketones is 1. The first-order valence-electron chi connectivity index (χ1n) is 8.35. The molecular formula is C22H14N2O2S. The van der Waals surface area contributed by atoms with Crippen molar-refractivity contribution < 1.29 is 4.79 Å². The van der Waals surface area contributed by atoms with Crippen LogP contribution in [0.5, 0.6) is 0 Å². The number of hydrogen-bond acceptors (Lipinski definition) is 4. The SMILES string of the molecule is Cc1c(C(=O)c2ccccc2)sc2c1c(=O)ccn2-c1ccc(C#N)cc1. The molecule has 2 aromatic heterocycles. The molecule has 0 aliphatic rings. The number of rotatable bonds is 3. The number of carbonyl (C=O) groups excluding carboxylic acids is 1. The minimum absolute atomic E-state index is 0.0833. The molecule has 0 bridgehead atoms. The second-order valence-electron chi connectivity index (χ2n) is 6.14. The van der Waals surface area contributed by atoms with Crippen molar-refractivity contribution in [2.24, 2.45) is 0 Å². The molecule has 4 aromatic rings. The van der Waals surface area contributed by atoms with Crippen LogP contribution in [-0.4, -0.2) is 10.4 Å². The number of aromatic nitrogens is 1. The molecule has 0 atom stereocenters. The first kappa shape index (κ1) is 17.0. The number of aryl methyl sites for hydroxylation is 1. The van der Waals surface area contributed by atoms with Crippen LogP contribution in [0.15, 0.2) is 71.7 Å². The van der Waals surface area contributed by atoms with Crippen molar-refractivity contribution in [1.82, 2.24) is 4.57 Å². The zero-order chi connectivity index (χ0) is 19.0. The summed E-state index contributed by atoms with van der Waals surface area (Å²) in [6.45, 7) is 1.82. The number of fused-ring (bicyclic) bond motifs is 1. The molecule has 0 radical (unpaired) electrons. The molecule has 27 heavy (non-hydrogen) atoms. The maximum Gasteiger partial charge on any atom is 0.203 e. The second-order valence-corrected chi connectivity index (χ2v) is 7.14. The summed E-state index contributed by atoms with van der Waals surface area (Å²) in [4.78, 5) is 26.7. The summed E-state index contributed by atoms with van der Waals surface area (Å²) >= 11 is 1.32. The fourth-order valence-corrected chi connectivity index (χ4v) is 4.37. The average Bonchev–Trinajstić information content (AvgIpc) is 3.07. The van der Waals surface area contributed by atoms with Gasteiger partial charge in [0.1, 0.15) is 4.83 Å². The van der Waals surface area contributed by atoms with Crippen molar-refractivity contribution in [2.45, 2.75) is 6.92 Å². The molecule has 0 spiro atoms. The van der Waals surface area contributed by atoms with Crippen LogP contribution >= 0.6 is 11.3 Å². The fourth-order valence-electron chi connectivity index (χ4n) is 3.09. The second kappa shape index (κ2) is 6.67. The molecule has 130 valence electrons. The highest BCUT2D eigenvalue weighted by molar-refractivity contribution is 7.20. The lowest BCUT2D eigenvalue weighted by Gasteiger charge is -2.08. The molecule has 0 fully saturated rings. The Hall–Kier alpha value is -3.49. The zero-order valence-corrected chi connectivity index (χ0v) is 15.3. The molecule has 0 amide bonds. The third-order valence-corrected chi connectivity index (χ3v) is 5.78. The van der Waals surface area contributed by atoms with Gasteiger partial charge in [-0.25, -0.2) is 0 Å². The maximum absolute atomic E-state index is 12.9. The first-order valence-corrected chi connectivity index (χ1v) is 9.17. The normalized spacial score (nSPS) is 10.7. The van der Waals surface area contributed by atoms with Crippen molar-refractivity contribution in [3.63, 3.8) is 0 Å². The van der Waals surface area contributed by atoms with E-state index < -0.39 is 0 Å². The van der Waals surface area contributed by atoms with E-state index in [1.807, 2.05) is 41.8 Å². The number of pyridine rings is 1. The molecule has 2 aromatic carbocycles. The highest BCUT2D eigenvalue weighted by Crippen LogP contribution is 2.32. The van der Waals surface area contributed by atoms with Crippen molar-refractivity contribution >= 4 is 27.3 Å². The Bertz CT molecular complexity index is 1260. The Kier molecular flexibility index (Phi) is 4.19. The number of thiophene rings is 1. The lowest BCUT2D eigenvalue weighted by molar-refractivity contribution is 0.104. The van der Waals surface area contributed by atoms with Gasteiger partial charge in [0, 0.05) is 23.5 Å². The van der Waals surface area contributed by atoms with Gasteiger partial charge in [-0.3, -0.25) is 9.59 Å². The van der Waals surface area contributed by atoms with Crippen LogP contribution < -0.4 is 5.43 Å². The van der Waals surface area contributed by atoms with E-state index >= 15 is 0 Å². The van der Waals surface area contributed by atoms with E-state index in [0.29, 0.717) is 27.0 Å². The molecule has 0 saturated heterocycles. The van der Waals surface area contributed by atoms with Crippen LogP contribution in [0.3, 0.4) is 0 Å². The van der Waals surface area contributed by atoms with Crippen molar-refractivity contribution in [2.75, 3.05) is 0 Å². The van der Waals surface area contributed by atoms with Gasteiger partial charge in [-0.15, -0.1) is 11.3 Å². The molecule has 2 heterocycles. The molecule has 4 rings (SSSR count). The van der Waals surface area contributed by atoms with E-state index in [1.165, 1.54) is 17.4 Å². The van der Waals surface area contributed by atoms with E-state index in [9.17, 15) is 9.59 Å². The largest absolute Gasteiger partial charge is 0.308 e. The van der Waals surface area contributed by atoms with Gasteiger partial charge in [0.2, 0.25) is 5.78 Å². The average molecular weight is 370 g/mol. The molecular weight excluding hydrogens is 356 g/mol. The standard InChI is InChI=1S/C22H14N2O2S/c1-14-19-18(25)11-12-24(17-9-7-15(13-23)8-10-17)22(19)27-21(14)20(26)16-5-3-2-4-6-16/h2-12H,1H3. The minimum atomic E-state index is -0.101. The van der Waals surface area contributed by atoms with Crippen LogP contribution in [0.1, 0.15) is 26.4 Å². The molecule has 4 nitrogen and oxygen atoms in total. The van der Waals surface area contributed by atoms with Crippen LogP contribution in [0.2, 0.25) is 0 Å². The quantitative estimate of drug-likeness (QED) is 0.500. The summed E-state index contributed by atoms with van der Waals surface area (Å²) in [6, 6.07) is 19.8. The highest BCUT2D eigenvalue weighted by atomic mass is 32.1. The van der Waals surface area contributed by atoms with Gasteiger partial charge >= 0.3 is 0 Å². The van der Waals surface area contributed by atoms with Gasteiger partial charge in [0.15, 0.2) is 5.43 Å². The van der Waals surface area contributed by atoms with Crippen molar-refractivity contribution in [1.29, 1.82) is 5.26 Å². The van der Waals surface area contributed by atoms with Crippen LogP contribution in [0, 0.1) is 18.3 Å². The minimum Gasteiger partial charge on any atom is -0.308 e. The number of nitrogens with zero attached hydrogens (tertiary/aromatic N) is 2. The van der Waals surface area contributed by atoms with Gasteiger partial charge in [-0.1, -0.05) is 30.3 Å². The third kappa shape index (κ3) is 2.86. The monoisotopic (exact) mass is 370 g/mol. The Morgan fingerprint density at radius 1 is 1.04 bits per heavy atom. The van der Waals surface area contributed by atoms with Crippen LogP contribution in [-0.2, 0) is 0 Å². The van der Waals surface area contributed by atoms with Gasteiger partial charge in [0.25, 0.3) is 0 Å². The van der Waals surface area contributed by atoms with Crippen LogP contribution in [0.4, 0.5) is 0 Å². The van der Waals surface area contributed by atoms with E-state index in [1.54, 1.807) is 30.5 Å². The number of carbonyl (C=O) groups is 1. The summed E-state index contributed by atoms with van der Waals surface area (Å²) in [5, 5.41) is 9.54. The lowest BCUT2D eigenvalue weighted by Crippen LogP contribution is -2.06. The molecule has 0 aliphatic heterocycles. The number of benzene rings is 2. The lowest BCUT2D eigenvalue weighted by atomic mass is 10.1. The predicted molar refractivity (Wildman–Crippen MR) is 107 cm³/mol. The van der Waals surface area contributed by atoms with Crippen LogP contribution in [0.25, 0.3) is 15.9 Å². The molecule has 0 saturated carbocycles. The summed E-state index contributed by atoms with van der Waals surface area (Å²) in [5.41, 5.74) is 2.61. The molecule has 0 unspecified atom stereocenters. The Morgan fingerprint density at radius 3 is 2.41 bits per heavy atom. The number of nitriles is 1. The zero-order valence-electron chi connectivity index (χ0n) is 14.5. The molecule has 0 aliphatic carbocycles. The Labute approximate surface area is 159 Å². The van der Waals surface area contributed by atoms with Crippen molar-refractivity contribution in [3.8, 4) is 11.8 Å². The summed E-state index contributed by atoms with van der Waals surface area (Å²) in [6.07, 6.45) is 1.71. The summed E-state index contributed by atoms with van der Waals surface area (Å²) in [5.74, 6) is -0.0833. The van der Waals surface area contributed by atoms with E-state index in [4.69, 9.17) is 5.26 Å². The van der Waals surface area contributed by atoms with Gasteiger partial charge in [0.05, 0.1) is 21.9 Å².